The Hall–Kier alpha value is -0.830. The number of aryl methyl sites for hydroxylation is 1. The molecule has 94 valence electrons. The van der Waals surface area contributed by atoms with Crippen molar-refractivity contribution in [1.29, 1.82) is 0 Å². The van der Waals surface area contributed by atoms with E-state index in [4.69, 9.17) is 0 Å². The molecule has 2 saturated carbocycles. The zero-order chi connectivity index (χ0) is 11.9. The van der Waals surface area contributed by atoms with Crippen molar-refractivity contribution in [2.24, 2.45) is 24.3 Å². The first-order chi connectivity index (χ1) is 8.22. The van der Waals surface area contributed by atoms with Crippen LogP contribution < -0.4 is 5.32 Å². The third kappa shape index (κ3) is 1.90. The molecule has 0 amide bonds. The van der Waals surface area contributed by atoms with Gasteiger partial charge in [-0.15, -0.1) is 0 Å². The molecule has 2 fully saturated rings. The molecular formula is C14H23N3. The molecule has 3 rings (SSSR count). The van der Waals surface area contributed by atoms with Gasteiger partial charge in [0.15, 0.2) is 0 Å². The van der Waals surface area contributed by atoms with E-state index in [0.717, 1.165) is 11.8 Å². The van der Waals surface area contributed by atoms with Crippen molar-refractivity contribution in [3.8, 4) is 0 Å². The van der Waals surface area contributed by atoms with Gasteiger partial charge < -0.3 is 5.32 Å². The van der Waals surface area contributed by atoms with Crippen molar-refractivity contribution in [2.75, 3.05) is 13.6 Å². The molecule has 2 bridgehead atoms. The number of aromatic nitrogens is 2. The maximum atomic E-state index is 4.31. The summed E-state index contributed by atoms with van der Waals surface area (Å²) in [5.74, 6) is 1.95. The standard InChI is InChI=1S/C14H23N3/c1-15-10-14(6-11-3-4-13(14)5-11)7-12-8-16-17(2)9-12/h8-9,11,13,15H,3-7,10H2,1-2H3. The first-order valence-electron chi connectivity index (χ1n) is 6.84. The van der Waals surface area contributed by atoms with Crippen LogP contribution in [0.25, 0.3) is 0 Å². The molecule has 2 aliphatic rings. The molecule has 0 spiro atoms. The second kappa shape index (κ2) is 4.13. The fourth-order valence-electron chi connectivity index (χ4n) is 4.38. The smallest absolute Gasteiger partial charge is 0.0521 e. The first-order valence-corrected chi connectivity index (χ1v) is 6.84. The Morgan fingerprint density at radius 3 is 2.94 bits per heavy atom. The van der Waals surface area contributed by atoms with Gasteiger partial charge in [-0.05, 0) is 55.5 Å². The van der Waals surface area contributed by atoms with Crippen LogP contribution in [-0.2, 0) is 13.5 Å². The number of nitrogens with zero attached hydrogens (tertiary/aromatic N) is 2. The lowest BCUT2D eigenvalue weighted by Gasteiger charge is -2.37. The lowest BCUT2D eigenvalue weighted by atomic mass is 9.69. The van der Waals surface area contributed by atoms with Gasteiger partial charge in [0.1, 0.15) is 0 Å². The van der Waals surface area contributed by atoms with Gasteiger partial charge in [0, 0.05) is 19.8 Å². The fourth-order valence-corrected chi connectivity index (χ4v) is 4.38. The quantitative estimate of drug-likeness (QED) is 0.862. The van der Waals surface area contributed by atoms with Gasteiger partial charge in [-0.2, -0.15) is 5.10 Å². The summed E-state index contributed by atoms with van der Waals surface area (Å²) in [7, 11) is 4.10. The highest BCUT2D eigenvalue weighted by Crippen LogP contribution is 2.56. The average molecular weight is 233 g/mol. The summed E-state index contributed by atoms with van der Waals surface area (Å²) in [6.07, 6.45) is 11.3. The van der Waals surface area contributed by atoms with Gasteiger partial charge in [-0.1, -0.05) is 6.42 Å². The predicted octanol–water partition coefficient (Wildman–Crippen LogP) is 1.99. The van der Waals surface area contributed by atoms with Gasteiger partial charge >= 0.3 is 0 Å². The normalized spacial score (nSPS) is 35.6. The molecule has 3 heteroatoms. The zero-order valence-corrected chi connectivity index (χ0v) is 10.9. The fraction of sp³-hybridized carbons (Fsp3) is 0.786. The summed E-state index contributed by atoms with van der Waals surface area (Å²) in [4.78, 5) is 0. The minimum atomic E-state index is 0.515. The highest BCUT2D eigenvalue weighted by Gasteiger charge is 2.50. The van der Waals surface area contributed by atoms with Gasteiger partial charge in [0.2, 0.25) is 0 Å². The summed E-state index contributed by atoms with van der Waals surface area (Å²) < 4.78 is 1.93. The third-order valence-electron chi connectivity index (χ3n) is 4.95. The maximum Gasteiger partial charge on any atom is 0.0521 e. The minimum Gasteiger partial charge on any atom is -0.319 e. The third-order valence-corrected chi connectivity index (χ3v) is 4.95. The van der Waals surface area contributed by atoms with Gasteiger partial charge in [0.05, 0.1) is 6.20 Å². The monoisotopic (exact) mass is 233 g/mol. The summed E-state index contributed by atoms with van der Waals surface area (Å²) >= 11 is 0. The van der Waals surface area contributed by atoms with Crippen molar-refractivity contribution >= 4 is 0 Å². The largest absolute Gasteiger partial charge is 0.319 e. The Kier molecular flexibility index (Phi) is 2.74. The van der Waals surface area contributed by atoms with E-state index in [1.165, 1.54) is 44.2 Å². The van der Waals surface area contributed by atoms with E-state index in [2.05, 4.69) is 23.7 Å². The maximum absolute atomic E-state index is 4.31. The highest BCUT2D eigenvalue weighted by molar-refractivity contribution is 5.12. The van der Waals surface area contributed by atoms with Crippen LogP contribution in [0.2, 0.25) is 0 Å². The summed E-state index contributed by atoms with van der Waals surface area (Å²) in [5.41, 5.74) is 1.93. The summed E-state index contributed by atoms with van der Waals surface area (Å²) in [6, 6.07) is 0. The Morgan fingerprint density at radius 2 is 2.41 bits per heavy atom. The Bertz CT molecular complexity index is 398. The molecule has 2 aliphatic carbocycles. The van der Waals surface area contributed by atoms with Crippen LogP contribution in [0.15, 0.2) is 12.4 Å². The van der Waals surface area contributed by atoms with Crippen molar-refractivity contribution in [3.05, 3.63) is 18.0 Å². The molecule has 0 radical (unpaired) electrons. The highest BCUT2D eigenvalue weighted by atomic mass is 15.2. The van der Waals surface area contributed by atoms with E-state index in [-0.39, 0.29) is 0 Å². The molecule has 0 saturated heterocycles. The number of nitrogens with one attached hydrogen (secondary N) is 1. The lowest BCUT2D eigenvalue weighted by Crippen LogP contribution is -2.39. The van der Waals surface area contributed by atoms with Gasteiger partial charge in [-0.3, -0.25) is 4.68 Å². The second-order valence-electron chi connectivity index (χ2n) is 6.17. The number of hydrogen-bond donors (Lipinski definition) is 1. The molecule has 1 aromatic heterocycles. The van der Waals surface area contributed by atoms with E-state index >= 15 is 0 Å². The lowest BCUT2D eigenvalue weighted by molar-refractivity contribution is 0.160. The number of rotatable bonds is 4. The molecule has 0 aromatic carbocycles. The molecular weight excluding hydrogens is 210 g/mol. The minimum absolute atomic E-state index is 0.515. The molecule has 1 heterocycles. The molecule has 3 nitrogen and oxygen atoms in total. The van der Waals surface area contributed by atoms with Gasteiger partial charge in [-0.25, -0.2) is 0 Å². The van der Waals surface area contributed by atoms with E-state index in [1.54, 1.807) is 0 Å². The molecule has 3 unspecified atom stereocenters. The zero-order valence-electron chi connectivity index (χ0n) is 10.9. The van der Waals surface area contributed by atoms with Crippen molar-refractivity contribution in [1.82, 2.24) is 15.1 Å². The van der Waals surface area contributed by atoms with Crippen LogP contribution in [-0.4, -0.2) is 23.4 Å². The Labute approximate surface area is 104 Å². The SMILES string of the molecule is CNCC1(Cc2cnn(C)c2)CC2CCC1C2. The van der Waals surface area contributed by atoms with Crippen LogP contribution in [0.5, 0.6) is 0 Å². The topological polar surface area (TPSA) is 29.9 Å². The number of fused-ring (bicyclic) bond motifs is 2. The molecule has 1 aromatic rings. The van der Waals surface area contributed by atoms with Crippen LogP contribution in [0.4, 0.5) is 0 Å². The van der Waals surface area contributed by atoms with Gasteiger partial charge in [0.25, 0.3) is 0 Å². The van der Waals surface area contributed by atoms with E-state index in [9.17, 15) is 0 Å². The van der Waals surface area contributed by atoms with Crippen molar-refractivity contribution < 1.29 is 0 Å². The second-order valence-corrected chi connectivity index (χ2v) is 6.17. The average Bonchev–Trinajstić information content (AvgIpc) is 2.95. The number of hydrogen-bond acceptors (Lipinski definition) is 2. The molecule has 1 N–H and O–H groups in total. The molecule has 3 atom stereocenters. The van der Waals surface area contributed by atoms with Crippen LogP contribution in [0.1, 0.15) is 31.2 Å². The predicted molar refractivity (Wildman–Crippen MR) is 68.7 cm³/mol. The van der Waals surface area contributed by atoms with Crippen LogP contribution in [0.3, 0.4) is 0 Å². The van der Waals surface area contributed by atoms with E-state index in [1.807, 2.05) is 17.9 Å². The first kappa shape index (κ1) is 11.3. The van der Waals surface area contributed by atoms with Crippen LogP contribution in [0, 0.1) is 17.3 Å². The van der Waals surface area contributed by atoms with Crippen molar-refractivity contribution in [2.45, 2.75) is 32.1 Å². The van der Waals surface area contributed by atoms with E-state index < -0.39 is 0 Å². The Morgan fingerprint density at radius 1 is 1.53 bits per heavy atom. The van der Waals surface area contributed by atoms with Crippen molar-refractivity contribution in [3.63, 3.8) is 0 Å². The summed E-state index contributed by atoms with van der Waals surface area (Å²) in [5, 5.41) is 7.74. The Balaban J connectivity index is 1.81. The summed E-state index contributed by atoms with van der Waals surface area (Å²) in [6.45, 7) is 1.17. The van der Waals surface area contributed by atoms with E-state index in [0.29, 0.717) is 5.41 Å². The molecule has 17 heavy (non-hydrogen) atoms. The van der Waals surface area contributed by atoms with Crippen LogP contribution >= 0.6 is 0 Å². The molecule has 0 aliphatic heterocycles.